The van der Waals surface area contributed by atoms with Gasteiger partial charge in [-0.2, -0.15) is 0 Å². The maximum atomic E-state index is 10.5. The number of nitrogens with zero attached hydrogens (tertiary/aromatic N) is 1. The summed E-state index contributed by atoms with van der Waals surface area (Å²) in [6.07, 6.45) is 0. The van der Waals surface area contributed by atoms with Crippen molar-refractivity contribution in [1.82, 2.24) is 0 Å². The van der Waals surface area contributed by atoms with Crippen LogP contribution < -0.4 is 24.0 Å². The molecule has 0 N–H and O–H groups in total. The molecule has 0 aromatic rings. The molecule has 0 aromatic heterocycles. The van der Waals surface area contributed by atoms with Gasteiger partial charge in [-0.05, 0) is 0 Å². The van der Waals surface area contributed by atoms with Crippen molar-refractivity contribution in [2.75, 3.05) is 46.5 Å². The fourth-order valence-electron chi connectivity index (χ4n) is 1.42. The molecular weight excluding hydrogens is 297 g/mol. The number of carbonyl (C=O) groups excluding carboxylic acids is 1. The molecule has 84 valence electrons. The Bertz CT molecular complexity index is 181. The number of halogens is 1. The number of carbonyl (C=O) groups is 1. The van der Waals surface area contributed by atoms with Gasteiger partial charge >= 0.3 is 5.97 Å². The van der Waals surface area contributed by atoms with Crippen molar-refractivity contribution in [3.05, 3.63) is 0 Å². The Balaban J connectivity index is 0.00000169. The van der Waals surface area contributed by atoms with Crippen LogP contribution in [0.2, 0.25) is 0 Å². The summed E-state index contributed by atoms with van der Waals surface area (Å²) in [6, 6.07) is 0. The van der Waals surface area contributed by atoms with Crippen LogP contribution in [-0.2, 0) is 14.3 Å². The van der Waals surface area contributed by atoms with Gasteiger partial charge in [0, 0.05) is 6.92 Å². The predicted octanol–water partition coefficient (Wildman–Crippen LogP) is -2.97. The molecule has 14 heavy (non-hydrogen) atoms. The van der Waals surface area contributed by atoms with Gasteiger partial charge in [-0.1, -0.05) is 0 Å². The monoisotopic (exact) mass is 315 g/mol. The zero-order chi connectivity index (χ0) is 9.73. The third kappa shape index (κ3) is 5.11. The summed E-state index contributed by atoms with van der Waals surface area (Å²) < 4.78 is 11.1. The van der Waals surface area contributed by atoms with Crippen molar-refractivity contribution in [2.45, 2.75) is 6.92 Å². The van der Waals surface area contributed by atoms with Crippen LogP contribution in [-0.4, -0.2) is 57.0 Å². The lowest BCUT2D eigenvalue weighted by Gasteiger charge is -2.37. The summed E-state index contributed by atoms with van der Waals surface area (Å²) in [5.74, 6) is -0.195. The van der Waals surface area contributed by atoms with E-state index in [0.717, 1.165) is 37.3 Å². The first-order chi connectivity index (χ1) is 6.12. The highest BCUT2D eigenvalue weighted by Gasteiger charge is 2.24. The zero-order valence-corrected chi connectivity index (χ0v) is 11.0. The Hall–Kier alpha value is 0.120. The first kappa shape index (κ1) is 14.1. The molecule has 1 rings (SSSR count). The topological polar surface area (TPSA) is 35.5 Å². The van der Waals surface area contributed by atoms with E-state index in [-0.39, 0.29) is 29.9 Å². The molecular formula is C9H18INO3. The second-order valence-electron chi connectivity index (χ2n) is 3.74. The molecule has 0 radical (unpaired) electrons. The fourth-order valence-corrected chi connectivity index (χ4v) is 1.42. The number of hydrogen-bond acceptors (Lipinski definition) is 3. The Morgan fingerprint density at radius 3 is 2.50 bits per heavy atom. The van der Waals surface area contributed by atoms with Gasteiger partial charge in [-0.25, -0.2) is 0 Å². The van der Waals surface area contributed by atoms with E-state index in [9.17, 15) is 4.79 Å². The van der Waals surface area contributed by atoms with Crippen LogP contribution in [0.15, 0.2) is 0 Å². The second-order valence-corrected chi connectivity index (χ2v) is 3.74. The van der Waals surface area contributed by atoms with E-state index in [2.05, 4.69) is 7.05 Å². The van der Waals surface area contributed by atoms with E-state index in [1.165, 1.54) is 6.92 Å². The molecule has 1 aliphatic rings. The minimum absolute atomic E-state index is 0. The fraction of sp³-hybridized carbons (Fsp3) is 0.889. The molecule has 0 unspecified atom stereocenters. The minimum atomic E-state index is -0.195. The summed E-state index contributed by atoms with van der Waals surface area (Å²) in [7, 11) is 2.17. The van der Waals surface area contributed by atoms with Crippen molar-refractivity contribution in [2.24, 2.45) is 0 Å². The van der Waals surface area contributed by atoms with Crippen LogP contribution in [0, 0.1) is 0 Å². The second kappa shape index (κ2) is 6.58. The highest BCUT2D eigenvalue weighted by atomic mass is 127. The Morgan fingerprint density at radius 2 is 2.00 bits per heavy atom. The van der Waals surface area contributed by atoms with E-state index in [1.807, 2.05) is 0 Å². The Morgan fingerprint density at radius 1 is 1.43 bits per heavy atom. The summed E-state index contributed by atoms with van der Waals surface area (Å²) in [5.41, 5.74) is 0. The smallest absolute Gasteiger partial charge is 0.302 e. The van der Waals surface area contributed by atoms with Crippen molar-refractivity contribution < 1.29 is 42.7 Å². The van der Waals surface area contributed by atoms with Crippen LogP contribution in [0.3, 0.4) is 0 Å². The number of quaternary nitrogens is 1. The van der Waals surface area contributed by atoms with Gasteiger partial charge in [0.25, 0.3) is 0 Å². The van der Waals surface area contributed by atoms with Gasteiger partial charge < -0.3 is 37.9 Å². The van der Waals surface area contributed by atoms with Crippen LogP contribution in [0.25, 0.3) is 0 Å². The van der Waals surface area contributed by atoms with E-state index in [0.29, 0.717) is 6.61 Å². The molecule has 0 atom stereocenters. The standard InChI is InChI=1S/C9H18NO3.HI/c1-9(11)13-8-5-10(2)3-6-12-7-4-10;/h3-8H2,1-2H3;1H/q+1;/p-1. The molecule has 1 fully saturated rings. The maximum Gasteiger partial charge on any atom is 0.302 e. The number of hydrogen-bond donors (Lipinski definition) is 0. The molecule has 0 aromatic carbocycles. The van der Waals surface area contributed by atoms with Gasteiger partial charge in [0.1, 0.15) is 26.2 Å². The number of likely N-dealkylation sites (N-methyl/N-ethyl adjacent to an activating group) is 1. The van der Waals surface area contributed by atoms with E-state index < -0.39 is 0 Å². The molecule has 1 saturated heterocycles. The molecule has 1 aliphatic heterocycles. The van der Waals surface area contributed by atoms with Crippen LogP contribution in [0.1, 0.15) is 6.92 Å². The first-order valence-electron chi connectivity index (χ1n) is 4.67. The average molecular weight is 315 g/mol. The highest BCUT2D eigenvalue weighted by Crippen LogP contribution is 2.06. The lowest BCUT2D eigenvalue weighted by molar-refractivity contribution is -0.917. The van der Waals surface area contributed by atoms with Gasteiger partial charge in [0.15, 0.2) is 0 Å². The number of ether oxygens (including phenoxy) is 2. The van der Waals surface area contributed by atoms with Crippen molar-refractivity contribution in [3.8, 4) is 0 Å². The molecule has 5 heteroatoms. The van der Waals surface area contributed by atoms with Crippen LogP contribution >= 0.6 is 0 Å². The van der Waals surface area contributed by atoms with E-state index in [4.69, 9.17) is 9.47 Å². The Labute approximate surface area is 102 Å². The van der Waals surface area contributed by atoms with Crippen molar-refractivity contribution in [1.29, 1.82) is 0 Å². The van der Waals surface area contributed by atoms with Gasteiger partial charge in [0.2, 0.25) is 0 Å². The molecule has 0 bridgehead atoms. The summed E-state index contributed by atoms with van der Waals surface area (Å²) in [5, 5.41) is 0. The predicted molar refractivity (Wildman–Crippen MR) is 48.2 cm³/mol. The zero-order valence-electron chi connectivity index (χ0n) is 8.79. The lowest BCUT2D eigenvalue weighted by atomic mass is 10.3. The summed E-state index contributed by atoms with van der Waals surface area (Å²) >= 11 is 0. The third-order valence-electron chi connectivity index (χ3n) is 2.49. The van der Waals surface area contributed by atoms with E-state index >= 15 is 0 Å². The Kier molecular flexibility index (Phi) is 6.63. The van der Waals surface area contributed by atoms with Gasteiger partial charge in [-0.15, -0.1) is 0 Å². The highest BCUT2D eigenvalue weighted by molar-refractivity contribution is 5.65. The number of rotatable bonds is 3. The third-order valence-corrected chi connectivity index (χ3v) is 2.49. The number of esters is 1. The summed E-state index contributed by atoms with van der Waals surface area (Å²) in [4.78, 5) is 10.5. The van der Waals surface area contributed by atoms with Crippen LogP contribution in [0.5, 0.6) is 0 Å². The summed E-state index contributed by atoms with van der Waals surface area (Å²) in [6.45, 7) is 6.52. The van der Waals surface area contributed by atoms with Crippen molar-refractivity contribution >= 4 is 5.97 Å². The number of morpholine rings is 1. The minimum Gasteiger partial charge on any atom is -1.00 e. The van der Waals surface area contributed by atoms with Gasteiger partial charge in [-0.3, -0.25) is 4.79 Å². The average Bonchev–Trinajstić information content (AvgIpc) is 2.04. The van der Waals surface area contributed by atoms with Crippen LogP contribution in [0.4, 0.5) is 0 Å². The quantitative estimate of drug-likeness (QED) is 0.317. The van der Waals surface area contributed by atoms with Gasteiger partial charge in [0.05, 0.1) is 20.3 Å². The molecule has 0 amide bonds. The molecule has 0 spiro atoms. The molecule has 1 heterocycles. The SMILES string of the molecule is CC(=O)OCC[N+]1(C)CCOCC1.[I-]. The lowest BCUT2D eigenvalue weighted by Crippen LogP contribution is -3.00. The molecule has 0 aliphatic carbocycles. The normalized spacial score (nSPS) is 19.6. The largest absolute Gasteiger partial charge is 1.00 e. The van der Waals surface area contributed by atoms with E-state index in [1.54, 1.807) is 0 Å². The first-order valence-corrected chi connectivity index (χ1v) is 4.67. The van der Waals surface area contributed by atoms with Crippen molar-refractivity contribution in [3.63, 3.8) is 0 Å². The molecule has 0 saturated carbocycles. The molecule has 4 nitrogen and oxygen atoms in total. The maximum absolute atomic E-state index is 10.5.